The number of halogens is 2. The zero-order valence-corrected chi connectivity index (χ0v) is 24.5. The van der Waals surface area contributed by atoms with Gasteiger partial charge < -0.3 is 19.1 Å². The third-order valence-electron chi connectivity index (χ3n) is 7.67. The lowest BCUT2D eigenvalue weighted by Crippen LogP contribution is -2.39. The van der Waals surface area contributed by atoms with Gasteiger partial charge in [-0.2, -0.15) is 0 Å². The Hall–Kier alpha value is -2.72. The van der Waals surface area contributed by atoms with Crippen molar-refractivity contribution < 1.29 is 28.2 Å². The van der Waals surface area contributed by atoms with Gasteiger partial charge in [-0.15, -0.1) is 0 Å². The van der Waals surface area contributed by atoms with Gasteiger partial charge in [0.15, 0.2) is 23.1 Å². The van der Waals surface area contributed by atoms with Crippen LogP contribution in [0.3, 0.4) is 0 Å². The molecule has 5 rings (SSSR count). The highest BCUT2D eigenvalue weighted by atomic mass is 127. The maximum Gasteiger partial charge on any atom is 0.174 e. The minimum Gasteiger partial charge on any atom is -0.493 e. The Morgan fingerprint density at radius 1 is 0.974 bits per heavy atom. The zero-order chi connectivity index (χ0) is 27.5. The molecule has 0 unspecified atom stereocenters. The lowest BCUT2D eigenvalue weighted by atomic mass is 9.71. The lowest BCUT2D eigenvalue weighted by Gasteiger charge is -2.44. The number of Topliss-reactive ketones (excluding diaryl/α,β-unsaturated/α-hetero) is 2. The molecule has 0 radical (unpaired) electrons. The molecule has 0 spiro atoms. The van der Waals surface area contributed by atoms with E-state index >= 15 is 0 Å². The second-order valence-electron chi connectivity index (χ2n) is 10.2. The van der Waals surface area contributed by atoms with Crippen molar-refractivity contribution in [2.75, 3.05) is 27.4 Å². The van der Waals surface area contributed by atoms with Crippen LogP contribution in [0.25, 0.3) is 0 Å². The molecule has 2 aromatic carbocycles. The molecule has 0 aromatic heterocycles. The molecule has 2 aliphatic carbocycles. The molecule has 1 heterocycles. The van der Waals surface area contributed by atoms with Gasteiger partial charge >= 0.3 is 0 Å². The molecule has 6 nitrogen and oxygen atoms in total. The molecule has 0 amide bonds. The summed E-state index contributed by atoms with van der Waals surface area (Å²) in [7, 11) is 3.27. The first-order valence-electron chi connectivity index (χ1n) is 13.5. The monoisotopic (exact) mass is 645 g/mol. The summed E-state index contributed by atoms with van der Waals surface area (Å²) in [5, 5.41) is 0. The number of allylic oxidation sites excluding steroid dienone is 4. The van der Waals surface area contributed by atoms with Crippen LogP contribution in [0.5, 0.6) is 11.5 Å². The van der Waals surface area contributed by atoms with E-state index in [1.807, 2.05) is 18.2 Å². The molecule has 0 saturated heterocycles. The number of nitrogens with zero attached hydrogens (tertiary/aromatic N) is 1. The van der Waals surface area contributed by atoms with Crippen molar-refractivity contribution in [3.05, 3.63) is 79.5 Å². The predicted molar refractivity (Wildman–Crippen MR) is 154 cm³/mol. The summed E-state index contributed by atoms with van der Waals surface area (Å²) in [6, 6.07) is 10.2. The number of hydrogen-bond acceptors (Lipinski definition) is 6. The highest BCUT2D eigenvalue weighted by molar-refractivity contribution is 14.1. The first kappa shape index (κ1) is 27.8. The second-order valence-corrected chi connectivity index (χ2v) is 11.3. The van der Waals surface area contributed by atoms with Crippen molar-refractivity contribution >= 4 is 34.2 Å². The van der Waals surface area contributed by atoms with Crippen molar-refractivity contribution in [1.82, 2.24) is 4.90 Å². The van der Waals surface area contributed by atoms with Crippen LogP contribution in [0.2, 0.25) is 0 Å². The van der Waals surface area contributed by atoms with E-state index < -0.39 is 5.92 Å². The van der Waals surface area contributed by atoms with Crippen molar-refractivity contribution in [2.45, 2.75) is 57.5 Å². The van der Waals surface area contributed by atoms with Gasteiger partial charge in [0, 0.05) is 61.6 Å². The molecule has 2 aromatic rings. The number of benzene rings is 2. The van der Waals surface area contributed by atoms with Gasteiger partial charge in [-0.05, 0) is 90.1 Å². The normalized spacial score (nSPS) is 17.9. The van der Waals surface area contributed by atoms with Gasteiger partial charge in [-0.1, -0.05) is 12.1 Å². The second kappa shape index (κ2) is 12.2. The van der Waals surface area contributed by atoms with E-state index in [0.717, 1.165) is 70.3 Å². The third-order valence-corrected chi connectivity index (χ3v) is 8.48. The van der Waals surface area contributed by atoms with Crippen molar-refractivity contribution in [3.8, 4) is 11.5 Å². The molecule has 0 saturated carbocycles. The third kappa shape index (κ3) is 5.63. The molecule has 3 aliphatic rings. The van der Waals surface area contributed by atoms with Gasteiger partial charge in [0.2, 0.25) is 0 Å². The maximum atomic E-state index is 13.7. The maximum absolute atomic E-state index is 13.7. The smallest absolute Gasteiger partial charge is 0.174 e. The Labute approximate surface area is 242 Å². The van der Waals surface area contributed by atoms with E-state index in [0.29, 0.717) is 36.5 Å². The van der Waals surface area contributed by atoms with Crippen molar-refractivity contribution in [2.24, 2.45) is 0 Å². The molecule has 0 fully saturated rings. The first-order valence-corrected chi connectivity index (χ1v) is 14.5. The lowest BCUT2D eigenvalue weighted by molar-refractivity contribution is -0.117. The zero-order valence-electron chi connectivity index (χ0n) is 22.4. The Morgan fingerprint density at radius 3 is 2.28 bits per heavy atom. The summed E-state index contributed by atoms with van der Waals surface area (Å²) < 4.78 is 31.6. The first-order chi connectivity index (χ1) is 18.9. The van der Waals surface area contributed by atoms with E-state index in [1.165, 1.54) is 12.1 Å². The van der Waals surface area contributed by atoms with Crippen LogP contribution < -0.4 is 9.47 Å². The highest BCUT2D eigenvalue weighted by Crippen LogP contribution is 2.50. The van der Waals surface area contributed by atoms with Crippen molar-refractivity contribution in [3.63, 3.8) is 0 Å². The van der Waals surface area contributed by atoms with E-state index in [9.17, 15) is 14.0 Å². The quantitative estimate of drug-likeness (QED) is 0.230. The standard InChI is InChI=1S/C31H33FINO5/c1-37-14-6-13-34-23-9-4-11-25(35)29(23)28(30-24(34)10-5-12-26(30)36)20-16-22(33)31(27(17-20)38-2)39-18-19-7-3-8-21(32)15-19/h3,7-8,15-17,28H,4-6,9-14,18H2,1-2H3. The molecule has 0 atom stereocenters. The van der Waals surface area contributed by atoms with Crippen LogP contribution >= 0.6 is 22.6 Å². The minimum absolute atomic E-state index is 0.114. The van der Waals surface area contributed by atoms with Crippen LogP contribution in [0.15, 0.2) is 58.9 Å². The van der Waals surface area contributed by atoms with Gasteiger partial charge in [0.25, 0.3) is 0 Å². The SMILES string of the molecule is COCCCN1C2=C(C(=O)CCC2)C(c2cc(I)c(OCc3cccc(F)c3)c(OC)c2)C2=C1CCCC2=O. The van der Waals surface area contributed by atoms with Crippen LogP contribution in [-0.4, -0.2) is 43.8 Å². The number of hydrogen-bond donors (Lipinski definition) is 0. The Balaban J connectivity index is 1.57. The Bertz CT molecular complexity index is 1310. The highest BCUT2D eigenvalue weighted by Gasteiger charge is 2.43. The fourth-order valence-corrected chi connectivity index (χ4v) is 6.80. The van der Waals surface area contributed by atoms with Gasteiger partial charge in [-0.25, -0.2) is 4.39 Å². The average molecular weight is 646 g/mol. The summed E-state index contributed by atoms with van der Waals surface area (Å²) in [4.78, 5) is 29.3. The Morgan fingerprint density at radius 2 is 1.67 bits per heavy atom. The number of ether oxygens (including phenoxy) is 3. The van der Waals surface area contributed by atoms with E-state index in [-0.39, 0.29) is 24.0 Å². The molecule has 0 bridgehead atoms. The topological polar surface area (TPSA) is 65.1 Å². The Kier molecular flexibility index (Phi) is 8.71. The van der Waals surface area contributed by atoms with E-state index in [2.05, 4.69) is 27.5 Å². The molecule has 39 heavy (non-hydrogen) atoms. The predicted octanol–water partition coefficient (Wildman–Crippen LogP) is 6.47. The number of methoxy groups -OCH3 is 2. The summed E-state index contributed by atoms with van der Waals surface area (Å²) >= 11 is 2.21. The fourth-order valence-electron chi connectivity index (χ4n) is 6.02. The summed E-state index contributed by atoms with van der Waals surface area (Å²) in [5.41, 5.74) is 5.18. The fraction of sp³-hybridized carbons (Fsp3) is 0.419. The molecule has 8 heteroatoms. The number of rotatable bonds is 9. The van der Waals surface area contributed by atoms with E-state index in [4.69, 9.17) is 14.2 Å². The average Bonchev–Trinajstić information content (AvgIpc) is 2.92. The number of carbonyl (C=O) groups excluding carboxylic acids is 2. The summed E-state index contributed by atoms with van der Waals surface area (Å²) in [6.07, 6.45) is 5.06. The molecular weight excluding hydrogens is 612 g/mol. The van der Waals surface area contributed by atoms with Crippen LogP contribution in [0, 0.1) is 9.39 Å². The van der Waals surface area contributed by atoms with Crippen LogP contribution in [-0.2, 0) is 20.9 Å². The van der Waals surface area contributed by atoms with E-state index in [1.54, 1.807) is 20.3 Å². The van der Waals surface area contributed by atoms with Crippen LogP contribution in [0.1, 0.15) is 62.0 Å². The van der Waals surface area contributed by atoms with Gasteiger partial charge in [0.05, 0.1) is 10.7 Å². The largest absolute Gasteiger partial charge is 0.493 e. The summed E-state index contributed by atoms with van der Waals surface area (Å²) in [5.74, 6) is 0.563. The number of ketones is 2. The van der Waals surface area contributed by atoms with Gasteiger partial charge in [-0.3, -0.25) is 9.59 Å². The molecule has 0 N–H and O–H groups in total. The van der Waals surface area contributed by atoms with Crippen LogP contribution in [0.4, 0.5) is 4.39 Å². The molecular formula is C31H33FINO5. The molecule has 1 aliphatic heterocycles. The molecule has 206 valence electrons. The minimum atomic E-state index is -0.422. The van der Waals surface area contributed by atoms with Crippen molar-refractivity contribution in [1.29, 1.82) is 0 Å². The number of carbonyl (C=O) groups is 2. The van der Waals surface area contributed by atoms with Gasteiger partial charge in [0.1, 0.15) is 12.4 Å². The summed E-state index contributed by atoms with van der Waals surface area (Å²) in [6.45, 7) is 1.54.